The van der Waals surface area contributed by atoms with Gasteiger partial charge in [0.1, 0.15) is 0 Å². The third-order valence-electron chi connectivity index (χ3n) is 8.08. The number of aliphatic hydroxyl groups is 1. The summed E-state index contributed by atoms with van der Waals surface area (Å²) >= 11 is 6.51. The van der Waals surface area contributed by atoms with Gasteiger partial charge in [-0.05, 0) is 98.4 Å². The van der Waals surface area contributed by atoms with Gasteiger partial charge in [-0.1, -0.05) is 54.1 Å². The predicted octanol–water partition coefficient (Wildman–Crippen LogP) is 5.49. The number of aliphatic carboxylic acids is 1. The van der Waals surface area contributed by atoms with Crippen LogP contribution in [0.15, 0.2) is 65.6 Å². The van der Waals surface area contributed by atoms with Crippen molar-refractivity contribution in [1.29, 1.82) is 0 Å². The van der Waals surface area contributed by atoms with Crippen molar-refractivity contribution >= 4 is 27.6 Å². The van der Waals surface area contributed by atoms with E-state index in [-0.39, 0.29) is 29.9 Å². The van der Waals surface area contributed by atoms with Crippen LogP contribution >= 0.6 is 11.6 Å². The molecule has 0 amide bonds. The maximum Gasteiger partial charge on any atom is 0.303 e. The third kappa shape index (κ3) is 7.99. The van der Waals surface area contributed by atoms with Crippen molar-refractivity contribution in [2.75, 3.05) is 20.1 Å². The van der Waals surface area contributed by atoms with Gasteiger partial charge >= 0.3 is 5.97 Å². The number of aliphatic hydroxyl groups excluding tert-OH is 1. The summed E-state index contributed by atoms with van der Waals surface area (Å²) in [7, 11) is -2.35. The number of carboxylic acids is 1. The average Bonchev–Trinajstić information content (AvgIpc) is 3.32. The number of nitrogens with one attached hydrogen (secondary N) is 1. The maximum atomic E-state index is 13.4. The summed E-state index contributed by atoms with van der Waals surface area (Å²) < 4.78 is 27.9. The number of carbonyl (C=O) groups is 1. The Morgan fingerprint density at radius 3 is 2.31 bits per heavy atom. The van der Waals surface area contributed by atoms with E-state index in [1.807, 2.05) is 19.1 Å². The number of nitrogens with zero attached hydrogens (tertiary/aromatic N) is 1. The van der Waals surface area contributed by atoms with Gasteiger partial charge in [0.05, 0.1) is 11.0 Å². The topological polar surface area (TPSA) is 107 Å². The fourth-order valence-electron chi connectivity index (χ4n) is 5.90. The molecule has 0 saturated carbocycles. The van der Waals surface area contributed by atoms with E-state index in [0.29, 0.717) is 17.4 Å². The van der Waals surface area contributed by atoms with Crippen molar-refractivity contribution in [3.63, 3.8) is 0 Å². The zero-order chi connectivity index (χ0) is 30.7. The van der Waals surface area contributed by atoms with Crippen LogP contribution in [0.3, 0.4) is 0 Å². The fraction of sp³-hybridized carbons (Fsp3) is 0.424. The number of fused-ring (bicyclic) bond motifs is 1. The Balaban J connectivity index is 1.34. The van der Waals surface area contributed by atoms with E-state index in [0.717, 1.165) is 41.5 Å². The smallest absolute Gasteiger partial charge is 0.303 e. The van der Waals surface area contributed by atoms with E-state index < -0.39 is 22.1 Å². The molecule has 3 aromatic rings. The summed E-state index contributed by atoms with van der Waals surface area (Å²) in [6.07, 6.45) is 2.62. The number of β-amino-alcohol motifs (C(OH)–C–C–N with tert-alkyl or cyclic N) is 1. The first-order valence-corrected chi connectivity index (χ1v) is 16.1. The Morgan fingerprint density at radius 2 is 1.71 bits per heavy atom. The Morgan fingerprint density at radius 1 is 1.07 bits per heavy atom. The van der Waals surface area contributed by atoms with Crippen LogP contribution in [0.2, 0.25) is 5.02 Å². The molecule has 0 fully saturated rings. The lowest BCUT2D eigenvalue weighted by molar-refractivity contribution is -0.136. The number of benzene rings is 3. The number of hydrogen-bond donors (Lipinski definition) is 3. The Bertz CT molecular complexity index is 1510. The first-order chi connectivity index (χ1) is 19.7. The van der Waals surface area contributed by atoms with Gasteiger partial charge in [-0.2, -0.15) is 4.31 Å². The normalized spacial score (nSPS) is 14.7. The molecule has 4 rings (SSSR count). The first kappa shape index (κ1) is 32.2. The van der Waals surface area contributed by atoms with Gasteiger partial charge in [0.15, 0.2) is 0 Å². The van der Waals surface area contributed by atoms with E-state index >= 15 is 0 Å². The second kappa shape index (κ2) is 13.3. The molecule has 3 aromatic carbocycles. The number of rotatable bonds is 13. The second-order valence-corrected chi connectivity index (χ2v) is 14.6. The van der Waals surface area contributed by atoms with Crippen LogP contribution in [-0.2, 0) is 34.1 Å². The van der Waals surface area contributed by atoms with Gasteiger partial charge in [-0.3, -0.25) is 4.79 Å². The van der Waals surface area contributed by atoms with Crippen molar-refractivity contribution in [3.8, 4) is 11.1 Å². The highest BCUT2D eigenvalue weighted by Crippen LogP contribution is 2.34. The number of hydrogen-bond acceptors (Lipinski definition) is 5. The highest BCUT2D eigenvalue weighted by Gasteiger charge is 2.29. The lowest BCUT2D eigenvalue weighted by Crippen LogP contribution is -2.47. The zero-order valence-electron chi connectivity index (χ0n) is 24.7. The van der Waals surface area contributed by atoms with Gasteiger partial charge < -0.3 is 15.5 Å². The summed E-state index contributed by atoms with van der Waals surface area (Å²) in [6, 6.07) is 18.9. The summed E-state index contributed by atoms with van der Waals surface area (Å²) in [5, 5.41) is 23.6. The SMILES string of the molecule is Cc1cc(S(=O)(=O)N(C)CC(O)CNC(C)(C)CC2Cc3ccccc3C2)ccc1-c1ccc(CCC(=O)O)cc1Cl. The molecule has 3 N–H and O–H groups in total. The molecular weight excluding hydrogens is 572 g/mol. The van der Waals surface area contributed by atoms with Crippen LogP contribution in [0.1, 0.15) is 48.9 Å². The molecule has 1 aliphatic carbocycles. The molecule has 1 aliphatic rings. The number of likely N-dealkylation sites (N-methyl/N-ethyl adjacent to an activating group) is 1. The van der Waals surface area contributed by atoms with Crippen LogP contribution in [0.4, 0.5) is 0 Å². The molecular formula is C33H41ClN2O5S. The Hall–Kier alpha value is -2.75. The minimum absolute atomic E-state index is 0.0208. The molecule has 0 aliphatic heterocycles. The van der Waals surface area contributed by atoms with E-state index in [1.165, 1.54) is 22.5 Å². The minimum Gasteiger partial charge on any atom is -0.481 e. The molecule has 0 aromatic heterocycles. The monoisotopic (exact) mass is 612 g/mol. The van der Waals surface area contributed by atoms with Gasteiger partial charge in [0.25, 0.3) is 0 Å². The van der Waals surface area contributed by atoms with Crippen molar-refractivity contribution in [2.45, 2.75) is 69.4 Å². The van der Waals surface area contributed by atoms with E-state index in [1.54, 1.807) is 24.3 Å². The maximum absolute atomic E-state index is 13.4. The summed E-state index contributed by atoms with van der Waals surface area (Å²) in [4.78, 5) is 11.0. The van der Waals surface area contributed by atoms with Crippen LogP contribution in [-0.4, -0.2) is 60.7 Å². The summed E-state index contributed by atoms with van der Waals surface area (Å²) in [5.74, 6) is -0.326. The van der Waals surface area contributed by atoms with E-state index in [4.69, 9.17) is 16.7 Å². The molecule has 42 heavy (non-hydrogen) atoms. The quantitative estimate of drug-likeness (QED) is 0.236. The van der Waals surface area contributed by atoms with Gasteiger partial charge in [0.2, 0.25) is 10.0 Å². The summed E-state index contributed by atoms with van der Waals surface area (Å²) in [6.45, 7) is 6.33. The van der Waals surface area contributed by atoms with Gasteiger partial charge in [0, 0.05) is 42.7 Å². The number of aryl methyl sites for hydroxylation is 2. The zero-order valence-corrected chi connectivity index (χ0v) is 26.3. The predicted molar refractivity (Wildman–Crippen MR) is 167 cm³/mol. The standard InChI is InChI=1S/C33H41ClN2O5S/c1-22-15-28(11-13-29(22)30-12-9-23(18-31(30)34)10-14-32(38)39)42(40,41)36(4)21-27(37)20-35-33(2,3)19-24-16-25-7-5-6-8-26(25)17-24/h5-9,11-13,15,18,24,27,35,37H,10,14,16-17,19-21H2,1-4H3,(H,38,39). The molecule has 0 heterocycles. The number of carboxylic acid groups (broad SMARTS) is 1. The highest BCUT2D eigenvalue weighted by molar-refractivity contribution is 7.89. The molecule has 0 saturated heterocycles. The van der Waals surface area contributed by atoms with Crippen LogP contribution < -0.4 is 5.32 Å². The molecule has 0 spiro atoms. The van der Waals surface area contributed by atoms with Crippen LogP contribution in [0, 0.1) is 12.8 Å². The van der Waals surface area contributed by atoms with Gasteiger partial charge in [-0.15, -0.1) is 0 Å². The third-order valence-corrected chi connectivity index (χ3v) is 10.2. The molecule has 0 bridgehead atoms. The molecule has 7 nitrogen and oxygen atoms in total. The molecule has 9 heteroatoms. The van der Waals surface area contributed by atoms with Crippen molar-refractivity contribution < 1.29 is 23.4 Å². The lowest BCUT2D eigenvalue weighted by atomic mass is 9.88. The van der Waals surface area contributed by atoms with Gasteiger partial charge in [-0.25, -0.2) is 8.42 Å². The number of sulfonamides is 1. The van der Waals surface area contributed by atoms with Crippen molar-refractivity contribution in [1.82, 2.24) is 9.62 Å². The van der Waals surface area contributed by atoms with Crippen LogP contribution in [0.25, 0.3) is 11.1 Å². The van der Waals surface area contributed by atoms with Crippen molar-refractivity contribution in [3.05, 3.63) is 87.9 Å². The Labute approximate surface area is 254 Å². The minimum atomic E-state index is -3.83. The average molecular weight is 613 g/mol. The lowest BCUT2D eigenvalue weighted by Gasteiger charge is -2.31. The molecule has 226 valence electrons. The molecule has 1 unspecified atom stereocenters. The highest BCUT2D eigenvalue weighted by atomic mass is 35.5. The van der Waals surface area contributed by atoms with E-state index in [9.17, 15) is 18.3 Å². The number of halogens is 1. The largest absolute Gasteiger partial charge is 0.481 e. The van der Waals surface area contributed by atoms with E-state index in [2.05, 4.69) is 43.4 Å². The van der Waals surface area contributed by atoms with Crippen molar-refractivity contribution in [2.24, 2.45) is 5.92 Å². The Kier molecular flexibility index (Phi) is 10.2. The fourth-order valence-corrected chi connectivity index (χ4v) is 7.50. The second-order valence-electron chi connectivity index (χ2n) is 12.1. The summed E-state index contributed by atoms with van der Waals surface area (Å²) in [5.41, 5.74) is 5.74. The first-order valence-electron chi connectivity index (χ1n) is 14.3. The molecule has 0 radical (unpaired) electrons. The molecule has 1 atom stereocenters. The van der Waals surface area contributed by atoms with Crippen LogP contribution in [0.5, 0.6) is 0 Å².